The Morgan fingerprint density at radius 3 is 2.33 bits per heavy atom. The molecule has 0 amide bonds. The first kappa shape index (κ1) is 16.1. The van der Waals surface area contributed by atoms with E-state index >= 15 is 0 Å². The molecule has 1 unspecified atom stereocenters. The fraction of sp³-hybridized carbons (Fsp3) is 0.556. The third-order valence-electron chi connectivity index (χ3n) is 4.03. The fourth-order valence-electron chi connectivity index (χ4n) is 2.76. The Kier molecular flexibility index (Phi) is 6.27. The van der Waals surface area contributed by atoms with Crippen LogP contribution >= 0.6 is 0 Å². The quantitative estimate of drug-likeness (QED) is 0.746. The molecule has 0 aliphatic carbocycles. The van der Waals surface area contributed by atoms with Crippen LogP contribution in [0.2, 0.25) is 0 Å². The van der Waals surface area contributed by atoms with Gasteiger partial charge in [-0.15, -0.1) is 0 Å². The first-order chi connectivity index (χ1) is 10.3. The van der Waals surface area contributed by atoms with E-state index in [1.165, 1.54) is 25.7 Å². The highest BCUT2D eigenvalue weighted by molar-refractivity contribution is 5.77. The number of fused-ring (bicyclic) bond motifs is 1. The Labute approximate surface area is 128 Å². The summed E-state index contributed by atoms with van der Waals surface area (Å²) < 4.78 is 6.04. The smallest absolute Gasteiger partial charge is 0.134 e. The number of rotatable bonds is 9. The Hall–Kier alpha value is -1.32. The number of para-hydroxylation sites is 1. The summed E-state index contributed by atoms with van der Waals surface area (Å²) in [6.45, 7) is 7.26. The summed E-state index contributed by atoms with van der Waals surface area (Å²) in [5.41, 5.74) is 7.02. The average molecular weight is 288 g/mol. The predicted molar refractivity (Wildman–Crippen MR) is 89.4 cm³/mol. The van der Waals surface area contributed by atoms with E-state index in [0.29, 0.717) is 6.54 Å². The van der Waals surface area contributed by atoms with Crippen molar-refractivity contribution in [3.05, 3.63) is 36.1 Å². The van der Waals surface area contributed by atoms with Crippen molar-refractivity contribution in [2.45, 2.75) is 45.6 Å². The topological polar surface area (TPSA) is 42.4 Å². The Morgan fingerprint density at radius 2 is 1.76 bits per heavy atom. The lowest BCUT2D eigenvalue weighted by Gasteiger charge is -2.29. The predicted octanol–water partition coefficient (Wildman–Crippen LogP) is 4.33. The molecule has 0 spiro atoms. The van der Waals surface area contributed by atoms with Crippen molar-refractivity contribution in [3.8, 4) is 0 Å². The lowest BCUT2D eigenvalue weighted by atomic mass is 10.1. The molecule has 0 radical (unpaired) electrons. The minimum atomic E-state index is 0.190. The first-order valence-corrected chi connectivity index (χ1v) is 8.22. The van der Waals surface area contributed by atoms with Gasteiger partial charge < -0.3 is 10.2 Å². The van der Waals surface area contributed by atoms with Crippen LogP contribution < -0.4 is 5.73 Å². The molecule has 0 saturated carbocycles. The van der Waals surface area contributed by atoms with Gasteiger partial charge in [0.1, 0.15) is 11.3 Å². The number of hydrogen-bond acceptors (Lipinski definition) is 3. The second kappa shape index (κ2) is 8.20. The maximum atomic E-state index is 6.07. The molecule has 2 aromatic rings. The second-order valence-corrected chi connectivity index (χ2v) is 5.68. The lowest BCUT2D eigenvalue weighted by Crippen LogP contribution is -2.35. The fourth-order valence-corrected chi connectivity index (χ4v) is 2.76. The van der Waals surface area contributed by atoms with Gasteiger partial charge in [-0.3, -0.25) is 4.90 Å². The summed E-state index contributed by atoms with van der Waals surface area (Å²) in [7, 11) is 0. The normalized spacial score (nSPS) is 13.1. The van der Waals surface area contributed by atoms with Gasteiger partial charge in [0.2, 0.25) is 0 Å². The van der Waals surface area contributed by atoms with Gasteiger partial charge in [0.15, 0.2) is 0 Å². The van der Waals surface area contributed by atoms with Crippen LogP contribution in [0.3, 0.4) is 0 Å². The van der Waals surface area contributed by atoms with E-state index in [1.807, 2.05) is 18.2 Å². The molecule has 116 valence electrons. The van der Waals surface area contributed by atoms with Crippen LogP contribution in [-0.4, -0.2) is 24.5 Å². The molecule has 1 aromatic carbocycles. The molecular formula is C18H28N2O. The van der Waals surface area contributed by atoms with Gasteiger partial charge in [0.25, 0.3) is 0 Å². The zero-order valence-electron chi connectivity index (χ0n) is 13.3. The maximum absolute atomic E-state index is 6.07. The minimum absolute atomic E-state index is 0.190. The molecular weight excluding hydrogens is 260 g/mol. The SMILES string of the molecule is CCCCN(CCCC)C(CN)c1cc2ccccc2o1. The van der Waals surface area contributed by atoms with Crippen molar-refractivity contribution in [1.82, 2.24) is 4.90 Å². The van der Waals surface area contributed by atoms with Gasteiger partial charge in [0, 0.05) is 11.9 Å². The lowest BCUT2D eigenvalue weighted by molar-refractivity contribution is 0.176. The minimum Gasteiger partial charge on any atom is -0.459 e. The van der Waals surface area contributed by atoms with Gasteiger partial charge >= 0.3 is 0 Å². The molecule has 2 rings (SSSR count). The summed E-state index contributed by atoms with van der Waals surface area (Å²) >= 11 is 0. The summed E-state index contributed by atoms with van der Waals surface area (Å²) in [6, 6.07) is 10.5. The van der Waals surface area contributed by atoms with Crippen molar-refractivity contribution >= 4 is 11.0 Å². The van der Waals surface area contributed by atoms with Crippen LogP contribution in [0.1, 0.15) is 51.3 Å². The highest BCUT2D eigenvalue weighted by Gasteiger charge is 2.21. The van der Waals surface area contributed by atoms with Crippen LogP contribution in [0.5, 0.6) is 0 Å². The molecule has 0 bridgehead atoms. The molecule has 1 heterocycles. The van der Waals surface area contributed by atoms with Crippen LogP contribution in [-0.2, 0) is 0 Å². The summed E-state index contributed by atoms with van der Waals surface area (Å²) in [4.78, 5) is 2.49. The van der Waals surface area contributed by atoms with Crippen molar-refractivity contribution in [2.75, 3.05) is 19.6 Å². The average Bonchev–Trinajstić information content (AvgIpc) is 2.93. The van der Waals surface area contributed by atoms with Gasteiger partial charge in [0.05, 0.1) is 6.04 Å². The highest BCUT2D eigenvalue weighted by atomic mass is 16.3. The Bertz CT molecular complexity index is 494. The third kappa shape index (κ3) is 4.08. The van der Waals surface area contributed by atoms with Gasteiger partial charge in [-0.05, 0) is 38.1 Å². The number of nitrogens with zero attached hydrogens (tertiary/aromatic N) is 1. The molecule has 21 heavy (non-hydrogen) atoms. The molecule has 0 aliphatic rings. The molecule has 0 saturated heterocycles. The summed E-state index contributed by atoms with van der Waals surface area (Å²) in [6.07, 6.45) is 4.83. The Morgan fingerprint density at radius 1 is 1.10 bits per heavy atom. The zero-order valence-corrected chi connectivity index (χ0v) is 13.3. The molecule has 1 atom stereocenters. The van der Waals surface area contributed by atoms with Crippen molar-refractivity contribution in [2.24, 2.45) is 5.73 Å². The molecule has 0 aliphatic heterocycles. The zero-order chi connectivity index (χ0) is 15.1. The van der Waals surface area contributed by atoms with E-state index in [4.69, 9.17) is 10.2 Å². The van der Waals surface area contributed by atoms with Gasteiger partial charge in [-0.2, -0.15) is 0 Å². The maximum Gasteiger partial charge on any atom is 0.134 e. The standard InChI is InChI=1S/C18H28N2O/c1-3-5-11-20(12-6-4-2)16(14-19)18-13-15-9-7-8-10-17(15)21-18/h7-10,13,16H,3-6,11-12,14,19H2,1-2H3. The van der Waals surface area contributed by atoms with Crippen LogP contribution in [0, 0.1) is 0 Å². The van der Waals surface area contributed by atoms with Crippen LogP contribution in [0.4, 0.5) is 0 Å². The monoisotopic (exact) mass is 288 g/mol. The van der Waals surface area contributed by atoms with E-state index in [-0.39, 0.29) is 6.04 Å². The first-order valence-electron chi connectivity index (χ1n) is 8.22. The third-order valence-corrected chi connectivity index (χ3v) is 4.03. The number of unbranched alkanes of at least 4 members (excludes halogenated alkanes) is 2. The largest absolute Gasteiger partial charge is 0.459 e. The summed E-state index contributed by atoms with van der Waals surface area (Å²) in [5, 5.41) is 1.16. The molecule has 0 fully saturated rings. The van der Waals surface area contributed by atoms with E-state index in [2.05, 4.69) is 30.9 Å². The number of hydrogen-bond donors (Lipinski definition) is 1. The molecule has 3 heteroatoms. The van der Waals surface area contributed by atoms with Crippen LogP contribution in [0.25, 0.3) is 11.0 Å². The van der Waals surface area contributed by atoms with Crippen molar-refractivity contribution in [3.63, 3.8) is 0 Å². The molecule has 2 N–H and O–H groups in total. The van der Waals surface area contributed by atoms with E-state index in [1.54, 1.807) is 0 Å². The number of benzene rings is 1. The summed E-state index contributed by atoms with van der Waals surface area (Å²) in [5.74, 6) is 1.01. The van der Waals surface area contributed by atoms with E-state index < -0.39 is 0 Å². The van der Waals surface area contributed by atoms with E-state index in [9.17, 15) is 0 Å². The molecule has 3 nitrogen and oxygen atoms in total. The number of nitrogens with two attached hydrogens (primary N) is 1. The van der Waals surface area contributed by atoms with Crippen molar-refractivity contribution in [1.29, 1.82) is 0 Å². The van der Waals surface area contributed by atoms with Crippen LogP contribution in [0.15, 0.2) is 34.7 Å². The highest BCUT2D eigenvalue weighted by Crippen LogP contribution is 2.27. The Balaban J connectivity index is 2.20. The van der Waals surface area contributed by atoms with Gasteiger partial charge in [-0.25, -0.2) is 0 Å². The van der Waals surface area contributed by atoms with E-state index in [0.717, 1.165) is 29.8 Å². The number of furan rings is 1. The van der Waals surface area contributed by atoms with Gasteiger partial charge in [-0.1, -0.05) is 44.9 Å². The second-order valence-electron chi connectivity index (χ2n) is 5.68. The molecule has 1 aromatic heterocycles. The van der Waals surface area contributed by atoms with Crippen molar-refractivity contribution < 1.29 is 4.42 Å².